The molecule has 0 aromatic heterocycles. The number of benzene rings is 2. The number of primary amides is 1. The summed E-state index contributed by atoms with van der Waals surface area (Å²) in [5.74, 6) is -8.59. The molecule has 3 aliphatic rings. The lowest BCUT2D eigenvalue weighted by atomic mass is 9.83. The van der Waals surface area contributed by atoms with Crippen molar-refractivity contribution in [3.8, 4) is 11.5 Å². The van der Waals surface area contributed by atoms with Crippen molar-refractivity contribution < 1.29 is 56.6 Å². The molecule has 0 bridgehead atoms. The number of nitrogens with zero attached hydrogens (tertiary/aromatic N) is 1. The van der Waals surface area contributed by atoms with Crippen molar-refractivity contribution in [3.63, 3.8) is 0 Å². The molecule has 6 N–H and O–H groups in total. The minimum atomic E-state index is -1.37. The number of Topliss-reactive ketones (excluding diaryl/α,β-unsaturated/α-hetero) is 1. The lowest BCUT2D eigenvalue weighted by Crippen LogP contribution is -2.58. The second kappa shape index (κ2) is 19.4. The Labute approximate surface area is 340 Å². The Morgan fingerprint density at radius 1 is 0.932 bits per heavy atom. The molecular formula is C41H52F2N6O10. The molecule has 1 saturated carbocycles. The van der Waals surface area contributed by atoms with Gasteiger partial charge in [-0.15, -0.1) is 0 Å². The number of carbonyl (C=O) groups is 7. The summed E-state index contributed by atoms with van der Waals surface area (Å²) >= 11 is 0. The zero-order chi connectivity index (χ0) is 43.0. The van der Waals surface area contributed by atoms with Crippen LogP contribution in [0.2, 0.25) is 0 Å². The topological polar surface area (TPSA) is 225 Å². The van der Waals surface area contributed by atoms with Crippen molar-refractivity contribution in [1.29, 1.82) is 0 Å². The quantitative estimate of drug-likeness (QED) is 0.156. The van der Waals surface area contributed by atoms with Gasteiger partial charge in [0.15, 0.2) is 11.5 Å². The average Bonchev–Trinajstić information content (AvgIpc) is 3.84. The van der Waals surface area contributed by atoms with Gasteiger partial charge in [0.1, 0.15) is 35.3 Å². The standard InChI is InChI=1S/C41H52F2N6O10/c1-5-11-27(34(51)39(55)45-19-30(50)47-33(36(44)52)24-14-9-17-29-35(24)58-21-57-29)46-37(53)28-18-23(59-41(2,3)4)20-49(28)40(56)32(22-12-7-6-8-13-22)48-38(54)31-25(42)15-10-16-26(31)43/h9-10,14-17,22-23,27-28,32-33H,5-8,11-13,18-21H2,1-4H3,(H2,44,52)(H,45,55)(H,46,53)(H,47,50)(H,48,54)/t23-,27?,28+,32+,33?/m1/s1. The Hall–Kier alpha value is -5.65. The largest absolute Gasteiger partial charge is 0.454 e. The number of halogens is 2. The molecule has 0 spiro atoms. The van der Waals surface area contributed by atoms with Crippen molar-refractivity contribution in [2.45, 2.75) is 115 Å². The van der Waals surface area contributed by atoms with Gasteiger partial charge >= 0.3 is 0 Å². The lowest BCUT2D eigenvalue weighted by molar-refractivity contribution is -0.143. The van der Waals surface area contributed by atoms with Gasteiger partial charge in [0.25, 0.3) is 11.8 Å². The highest BCUT2D eigenvalue weighted by atomic mass is 19.1. The third-order valence-electron chi connectivity index (χ3n) is 10.4. The molecule has 5 atom stereocenters. The molecular weight excluding hydrogens is 774 g/mol. The Bertz CT molecular complexity index is 1910. The number of amides is 6. The summed E-state index contributed by atoms with van der Waals surface area (Å²) in [7, 11) is 0. The van der Waals surface area contributed by atoms with Gasteiger partial charge in [0, 0.05) is 18.5 Å². The summed E-state index contributed by atoms with van der Waals surface area (Å²) < 4.78 is 46.3. The molecule has 59 heavy (non-hydrogen) atoms. The molecule has 2 aliphatic heterocycles. The fraction of sp³-hybridized carbons (Fsp3) is 0.537. The van der Waals surface area contributed by atoms with Crippen LogP contribution in [0.3, 0.4) is 0 Å². The third kappa shape index (κ3) is 11.1. The van der Waals surface area contributed by atoms with E-state index in [2.05, 4.69) is 21.3 Å². The normalized spacial score (nSPS) is 19.3. The molecule has 0 radical (unpaired) electrons. The maximum Gasteiger partial charge on any atom is 0.290 e. The lowest BCUT2D eigenvalue weighted by Gasteiger charge is -2.35. The highest BCUT2D eigenvalue weighted by Gasteiger charge is 2.46. The summed E-state index contributed by atoms with van der Waals surface area (Å²) in [6.07, 6.45) is 3.24. The first-order valence-corrected chi connectivity index (χ1v) is 19.8. The molecule has 5 rings (SSSR count). The number of rotatable bonds is 16. The van der Waals surface area contributed by atoms with Crippen molar-refractivity contribution in [1.82, 2.24) is 26.2 Å². The predicted octanol–water partition coefficient (Wildman–Crippen LogP) is 2.47. The van der Waals surface area contributed by atoms with E-state index in [1.54, 1.807) is 39.8 Å². The number of nitrogens with one attached hydrogen (secondary N) is 4. The fourth-order valence-electron chi connectivity index (χ4n) is 7.76. The van der Waals surface area contributed by atoms with E-state index < -0.39 is 107 Å². The number of para-hydroxylation sites is 1. The second-order valence-corrected chi connectivity index (χ2v) is 15.9. The van der Waals surface area contributed by atoms with Crippen molar-refractivity contribution in [3.05, 3.63) is 59.2 Å². The zero-order valence-corrected chi connectivity index (χ0v) is 33.6. The van der Waals surface area contributed by atoms with E-state index in [4.69, 9.17) is 19.9 Å². The van der Waals surface area contributed by atoms with Gasteiger partial charge in [0.05, 0.1) is 24.3 Å². The second-order valence-electron chi connectivity index (χ2n) is 15.9. The molecule has 1 aliphatic carbocycles. The van der Waals surface area contributed by atoms with Crippen LogP contribution in [0.5, 0.6) is 11.5 Å². The van der Waals surface area contributed by atoms with Crippen molar-refractivity contribution >= 4 is 41.2 Å². The number of hydrogen-bond acceptors (Lipinski definition) is 10. The molecule has 2 unspecified atom stereocenters. The first kappa shape index (κ1) is 44.5. The van der Waals surface area contributed by atoms with Crippen LogP contribution >= 0.6 is 0 Å². The number of fused-ring (bicyclic) bond motifs is 1. The van der Waals surface area contributed by atoms with E-state index in [0.717, 1.165) is 37.5 Å². The van der Waals surface area contributed by atoms with E-state index in [1.807, 2.05) is 0 Å². The Morgan fingerprint density at radius 2 is 1.61 bits per heavy atom. The van der Waals surface area contributed by atoms with Crippen LogP contribution in [0.1, 0.15) is 101 Å². The Morgan fingerprint density at radius 3 is 2.25 bits per heavy atom. The summed E-state index contributed by atoms with van der Waals surface area (Å²) in [5, 5.41) is 9.84. The first-order valence-electron chi connectivity index (χ1n) is 19.8. The molecule has 2 aromatic rings. The van der Waals surface area contributed by atoms with Crippen LogP contribution in [0.15, 0.2) is 36.4 Å². The number of hydrogen-bond donors (Lipinski definition) is 5. The fourth-order valence-corrected chi connectivity index (χ4v) is 7.76. The first-order chi connectivity index (χ1) is 28.0. The molecule has 320 valence electrons. The predicted molar refractivity (Wildman–Crippen MR) is 206 cm³/mol. The number of ether oxygens (including phenoxy) is 3. The van der Waals surface area contributed by atoms with E-state index in [9.17, 15) is 42.3 Å². The summed E-state index contributed by atoms with van der Waals surface area (Å²) in [5.41, 5.74) is 4.27. The van der Waals surface area contributed by atoms with Crippen molar-refractivity contribution in [2.24, 2.45) is 11.7 Å². The molecule has 16 nitrogen and oxygen atoms in total. The molecule has 6 amide bonds. The van der Waals surface area contributed by atoms with Crippen LogP contribution in [-0.4, -0.2) is 95.8 Å². The van der Waals surface area contributed by atoms with E-state index in [1.165, 1.54) is 11.0 Å². The maximum atomic E-state index is 14.7. The molecule has 1 saturated heterocycles. The van der Waals surface area contributed by atoms with Gasteiger partial charge in [0.2, 0.25) is 36.2 Å². The van der Waals surface area contributed by atoms with Crippen LogP contribution < -0.4 is 36.5 Å². The molecule has 2 heterocycles. The smallest absolute Gasteiger partial charge is 0.290 e. The van der Waals surface area contributed by atoms with Crippen LogP contribution in [0.4, 0.5) is 8.78 Å². The summed E-state index contributed by atoms with van der Waals surface area (Å²) in [4.78, 5) is 95.1. The van der Waals surface area contributed by atoms with Crippen molar-refractivity contribution in [2.75, 3.05) is 19.9 Å². The SMILES string of the molecule is CCCC(NC(=O)[C@@H]1C[C@@H](OC(C)(C)C)CN1C(=O)[C@@H](NC(=O)c1c(F)cccc1F)C1CCCCC1)C(=O)C(=O)NCC(=O)NC(C(N)=O)c1cccc2c1OCO2. The highest BCUT2D eigenvalue weighted by Crippen LogP contribution is 2.38. The van der Waals surface area contributed by atoms with Gasteiger partial charge < -0.3 is 46.1 Å². The minimum absolute atomic E-state index is 0.00430. The number of ketones is 1. The van der Waals surface area contributed by atoms with Crippen LogP contribution in [0, 0.1) is 17.6 Å². The average molecular weight is 827 g/mol. The molecule has 2 fully saturated rings. The van der Waals surface area contributed by atoms with Gasteiger partial charge in [-0.3, -0.25) is 33.6 Å². The van der Waals surface area contributed by atoms with Gasteiger partial charge in [-0.1, -0.05) is 50.8 Å². The minimum Gasteiger partial charge on any atom is -0.454 e. The summed E-state index contributed by atoms with van der Waals surface area (Å²) in [6, 6.07) is 2.52. The van der Waals surface area contributed by atoms with E-state index in [0.29, 0.717) is 25.0 Å². The number of carbonyl (C=O) groups excluding carboxylic acids is 7. The van der Waals surface area contributed by atoms with Gasteiger partial charge in [-0.25, -0.2) is 8.78 Å². The van der Waals surface area contributed by atoms with Gasteiger partial charge in [-0.2, -0.15) is 0 Å². The molecule has 2 aromatic carbocycles. The molecule has 18 heteroatoms. The van der Waals surface area contributed by atoms with E-state index in [-0.39, 0.29) is 37.5 Å². The highest BCUT2D eigenvalue weighted by molar-refractivity contribution is 6.38. The third-order valence-corrected chi connectivity index (χ3v) is 10.4. The Kier molecular flexibility index (Phi) is 14.6. The van der Waals surface area contributed by atoms with Gasteiger partial charge in [-0.05, 0) is 64.2 Å². The van der Waals surface area contributed by atoms with Crippen LogP contribution in [0.25, 0.3) is 0 Å². The maximum absolute atomic E-state index is 14.7. The number of nitrogens with two attached hydrogens (primary N) is 1. The Balaban J connectivity index is 1.30. The zero-order valence-electron chi connectivity index (χ0n) is 33.6. The van der Waals surface area contributed by atoms with E-state index >= 15 is 0 Å². The summed E-state index contributed by atoms with van der Waals surface area (Å²) in [6.45, 7) is 6.25. The monoisotopic (exact) mass is 826 g/mol. The van der Waals surface area contributed by atoms with Crippen LogP contribution in [-0.2, 0) is 33.5 Å². The number of likely N-dealkylation sites (tertiary alicyclic amines) is 1.